The summed E-state index contributed by atoms with van der Waals surface area (Å²) in [6.45, 7) is 7.67. The molecule has 5 heteroatoms. The molecule has 1 aliphatic carbocycles. The fraction of sp³-hybridized carbons (Fsp3) is 0.727. The maximum atomic E-state index is 12.9. The van der Waals surface area contributed by atoms with Gasteiger partial charge in [-0.2, -0.15) is 0 Å². The third-order valence-electron chi connectivity index (χ3n) is 6.81. The van der Waals surface area contributed by atoms with Crippen molar-refractivity contribution < 1.29 is 9.53 Å². The van der Waals surface area contributed by atoms with Crippen LogP contribution in [-0.2, 0) is 16.1 Å². The van der Waals surface area contributed by atoms with Crippen LogP contribution in [0.2, 0.25) is 0 Å². The first-order valence-electron chi connectivity index (χ1n) is 10.7. The van der Waals surface area contributed by atoms with E-state index in [9.17, 15) is 4.79 Å². The first kappa shape index (κ1) is 18.9. The number of amides is 1. The Kier molecular flexibility index (Phi) is 5.79. The minimum atomic E-state index is -0.0711. The van der Waals surface area contributed by atoms with Gasteiger partial charge in [-0.1, -0.05) is 13.0 Å². The number of likely N-dealkylation sites (tertiary alicyclic amines) is 1. The van der Waals surface area contributed by atoms with Gasteiger partial charge in [0.15, 0.2) is 0 Å². The topological polar surface area (TPSA) is 45.7 Å². The summed E-state index contributed by atoms with van der Waals surface area (Å²) in [6, 6.07) is 4.14. The molecule has 1 saturated carbocycles. The predicted octanol–water partition coefficient (Wildman–Crippen LogP) is 3.10. The molecule has 1 aromatic rings. The molecule has 148 valence electrons. The number of carbonyl (C=O) groups is 1. The minimum Gasteiger partial charge on any atom is -0.372 e. The largest absolute Gasteiger partial charge is 0.372 e. The Morgan fingerprint density at radius 3 is 2.70 bits per heavy atom. The third-order valence-corrected chi connectivity index (χ3v) is 6.81. The first-order valence-corrected chi connectivity index (χ1v) is 10.7. The zero-order valence-corrected chi connectivity index (χ0v) is 16.6. The molecule has 2 saturated heterocycles. The van der Waals surface area contributed by atoms with E-state index < -0.39 is 0 Å². The highest BCUT2D eigenvalue weighted by Crippen LogP contribution is 2.34. The zero-order chi connectivity index (χ0) is 18.7. The van der Waals surface area contributed by atoms with E-state index in [1.54, 1.807) is 0 Å². The van der Waals surface area contributed by atoms with Crippen molar-refractivity contribution in [1.29, 1.82) is 0 Å². The summed E-state index contributed by atoms with van der Waals surface area (Å²) in [5.41, 5.74) is 1.19. The van der Waals surface area contributed by atoms with Crippen molar-refractivity contribution >= 4 is 5.91 Å². The van der Waals surface area contributed by atoms with Gasteiger partial charge in [0, 0.05) is 51.0 Å². The van der Waals surface area contributed by atoms with E-state index >= 15 is 0 Å². The standard InChI is InChI=1S/C22H33N3O2/c1-18-4-6-20(7-5-18)21(26)25-11-8-22(9-12-25)17-24(13-14-27-22)16-19-3-2-10-23-15-19/h2-3,10,15,18,20H,4-9,11-14,16-17H2,1H3. The van der Waals surface area contributed by atoms with Gasteiger partial charge in [0.1, 0.15) is 0 Å². The monoisotopic (exact) mass is 371 g/mol. The number of nitrogens with zero attached hydrogens (tertiary/aromatic N) is 3. The highest BCUT2D eigenvalue weighted by molar-refractivity contribution is 5.79. The van der Waals surface area contributed by atoms with E-state index in [0.717, 1.165) is 70.9 Å². The average molecular weight is 372 g/mol. The fourth-order valence-electron chi connectivity index (χ4n) is 5.01. The minimum absolute atomic E-state index is 0.0711. The van der Waals surface area contributed by atoms with Gasteiger partial charge in [0.25, 0.3) is 0 Å². The Balaban J connectivity index is 1.30. The highest BCUT2D eigenvalue weighted by Gasteiger charge is 2.41. The van der Waals surface area contributed by atoms with E-state index in [4.69, 9.17) is 4.74 Å². The number of morpholine rings is 1. The van der Waals surface area contributed by atoms with Crippen LogP contribution >= 0.6 is 0 Å². The molecule has 0 unspecified atom stereocenters. The lowest BCUT2D eigenvalue weighted by Gasteiger charge is -2.48. The maximum Gasteiger partial charge on any atom is 0.225 e. The molecule has 0 radical (unpaired) electrons. The summed E-state index contributed by atoms with van der Waals surface area (Å²) in [5.74, 6) is 1.46. The van der Waals surface area contributed by atoms with Gasteiger partial charge in [0.05, 0.1) is 12.2 Å². The molecule has 0 N–H and O–H groups in total. The Bertz CT molecular complexity index is 620. The first-order chi connectivity index (χ1) is 13.1. The van der Waals surface area contributed by atoms with E-state index in [2.05, 4.69) is 27.8 Å². The zero-order valence-electron chi connectivity index (χ0n) is 16.6. The maximum absolute atomic E-state index is 12.9. The fourth-order valence-corrected chi connectivity index (χ4v) is 5.01. The molecule has 3 fully saturated rings. The highest BCUT2D eigenvalue weighted by atomic mass is 16.5. The van der Waals surface area contributed by atoms with Gasteiger partial charge in [-0.15, -0.1) is 0 Å². The van der Waals surface area contributed by atoms with Gasteiger partial charge >= 0.3 is 0 Å². The SMILES string of the molecule is CC1CCC(C(=O)N2CCC3(CC2)CN(Cc2cccnc2)CCO3)CC1. The second kappa shape index (κ2) is 8.27. The van der Waals surface area contributed by atoms with Gasteiger partial charge in [-0.25, -0.2) is 0 Å². The van der Waals surface area contributed by atoms with Gasteiger partial charge in [-0.05, 0) is 56.1 Å². The Labute approximate surface area is 163 Å². The van der Waals surface area contributed by atoms with Crippen LogP contribution in [0.3, 0.4) is 0 Å². The van der Waals surface area contributed by atoms with Crippen molar-refractivity contribution in [3.8, 4) is 0 Å². The Hall–Kier alpha value is -1.46. The smallest absolute Gasteiger partial charge is 0.225 e. The van der Waals surface area contributed by atoms with Crippen molar-refractivity contribution in [2.45, 2.75) is 57.6 Å². The normalized spacial score (nSPS) is 29.0. The molecule has 0 bridgehead atoms. The Morgan fingerprint density at radius 2 is 2.00 bits per heavy atom. The van der Waals surface area contributed by atoms with Gasteiger partial charge in [0.2, 0.25) is 5.91 Å². The van der Waals surface area contributed by atoms with E-state index in [1.165, 1.54) is 18.4 Å². The van der Waals surface area contributed by atoms with Crippen LogP contribution in [-0.4, -0.2) is 59.1 Å². The summed E-state index contributed by atoms with van der Waals surface area (Å²) >= 11 is 0. The molecule has 2 aliphatic heterocycles. The summed E-state index contributed by atoms with van der Waals surface area (Å²) in [7, 11) is 0. The number of ether oxygens (including phenoxy) is 1. The summed E-state index contributed by atoms with van der Waals surface area (Å²) in [5, 5.41) is 0. The molecule has 0 aromatic carbocycles. The number of aromatic nitrogens is 1. The number of hydrogen-bond acceptors (Lipinski definition) is 4. The molecule has 27 heavy (non-hydrogen) atoms. The number of pyridine rings is 1. The van der Waals surface area contributed by atoms with Gasteiger partial charge < -0.3 is 9.64 Å². The van der Waals surface area contributed by atoms with Crippen molar-refractivity contribution in [3.63, 3.8) is 0 Å². The van der Waals surface area contributed by atoms with Crippen LogP contribution in [0.5, 0.6) is 0 Å². The lowest BCUT2D eigenvalue weighted by Crippen LogP contribution is -2.57. The molecule has 1 aromatic heterocycles. The molecule has 0 atom stereocenters. The lowest BCUT2D eigenvalue weighted by atomic mass is 9.81. The molecular weight excluding hydrogens is 338 g/mol. The number of hydrogen-bond donors (Lipinski definition) is 0. The molecule has 3 heterocycles. The predicted molar refractivity (Wildman–Crippen MR) is 105 cm³/mol. The lowest BCUT2D eigenvalue weighted by molar-refractivity contribution is -0.154. The molecule has 1 spiro atoms. The van der Waals surface area contributed by atoms with Crippen molar-refractivity contribution in [2.24, 2.45) is 11.8 Å². The second-order valence-electron chi connectivity index (χ2n) is 8.89. The molecule has 3 aliphatic rings. The van der Waals surface area contributed by atoms with Crippen LogP contribution in [0.25, 0.3) is 0 Å². The van der Waals surface area contributed by atoms with Crippen LogP contribution in [0.15, 0.2) is 24.5 Å². The van der Waals surface area contributed by atoms with Crippen LogP contribution in [0.4, 0.5) is 0 Å². The average Bonchev–Trinajstić information content (AvgIpc) is 2.70. The number of rotatable bonds is 3. The molecule has 4 rings (SSSR count). The van der Waals surface area contributed by atoms with Crippen molar-refractivity contribution in [3.05, 3.63) is 30.1 Å². The quantitative estimate of drug-likeness (QED) is 0.819. The van der Waals surface area contributed by atoms with E-state index in [1.807, 2.05) is 18.5 Å². The van der Waals surface area contributed by atoms with Crippen LogP contribution in [0, 0.1) is 11.8 Å². The van der Waals surface area contributed by atoms with Crippen molar-refractivity contribution in [2.75, 3.05) is 32.8 Å². The second-order valence-corrected chi connectivity index (χ2v) is 8.89. The van der Waals surface area contributed by atoms with Crippen LogP contribution < -0.4 is 0 Å². The summed E-state index contributed by atoms with van der Waals surface area (Å²) in [6.07, 6.45) is 10.3. The molecule has 5 nitrogen and oxygen atoms in total. The Morgan fingerprint density at radius 1 is 1.22 bits per heavy atom. The van der Waals surface area contributed by atoms with E-state index in [0.29, 0.717) is 5.91 Å². The van der Waals surface area contributed by atoms with Crippen molar-refractivity contribution in [1.82, 2.24) is 14.8 Å². The van der Waals surface area contributed by atoms with Crippen LogP contribution in [0.1, 0.15) is 51.0 Å². The van der Waals surface area contributed by atoms with E-state index in [-0.39, 0.29) is 11.5 Å². The summed E-state index contributed by atoms with van der Waals surface area (Å²) in [4.78, 5) is 21.7. The molecule has 1 amide bonds. The number of carbonyl (C=O) groups excluding carboxylic acids is 1. The summed E-state index contributed by atoms with van der Waals surface area (Å²) < 4.78 is 6.27. The number of piperidine rings is 1. The molecular formula is C22H33N3O2. The van der Waals surface area contributed by atoms with Gasteiger partial charge in [-0.3, -0.25) is 14.7 Å². The third kappa shape index (κ3) is 4.52.